The van der Waals surface area contributed by atoms with Gasteiger partial charge in [-0.1, -0.05) is 6.07 Å². The molecular formula is C16H19N3O2S. The second-order valence-corrected chi connectivity index (χ2v) is 6.09. The van der Waals surface area contributed by atoms with Crippen LogP contribution >= 0.6 is 11.3 Å². The van der Waals surface area contributed by atoms with Crippen LogP contribution in [0.3, 0.4) is 0 Å². The molecule has 0 bridgehead atoms. The molecule has 0 fully saturated rings. The molecule has 0 unspecified atom stereocenters. The van der Waals surface area contributed by atoms with Gasteiger partial charge in [-0.15, -0.1) is 11.3 Å². The third kappa shape index (κ3) is 3.51. The zero-order valence-corrected chi connectivity index (χ0v) is 13.9. The number of carbonyl (C=O) groups is 2. The van der Waals surface area contributed by atoms with Crippen LogP contribution in [-0.2, 0) is 0 Å². The summed E-state index contributed by atoms with van der Waals surface area (Å²) < 4.78 is 0. The Morgan fingerprint density at radius 3 is 2.64 bits per heavy atom. The van der Waals surface area contributed by atoms with Crippen molar-refractivity contribution in [2.24, 2.45) is 0 Å². The van der Waals surface area contributed by atoms with E-state index < -0.39 is 0 Å². The Kier molecular flexibility index (Phi) is 4.92. The fraction of sp³-hybridized carbons (Fsp3) is 0.312. The molecule has 0 radical (unpaired) electrons. The Morgan fingerprint density at radius 1 is 1.32 bits per heavy atom. The molecule has 1 N–H and O–H groups in total. The van der Waals surface area contributed by atoms with Gasteiger partial charge in [-0.3, -0.25) is 9.59 Å². The molecule has 2 rings (SSSR count). The molecule has 0 aliphatic rings. The zero-order valence-electron chi connectivity index (χ0n) is 13.1. The number of anilines is 1. The molecule has 2 amide bonds. The molecule has 2 aromatic rings. The summed E-state index contributed by atoms with van der Waals surface area (Å²) in [6, 6.07) is 5.44. The summed E-state index contributed by atoms with van der Waals surface area (Å²) in [6.45, 7) is 5.80. The molecule has 0 atom stereocenters. The Bertz CT molecular complexity index is 681. The van der Waals surface area contributed by atoms with E-state index in [0.29, 0.717) is 16.9 Å². The number of thiazole rings is 1. The largest absolute Gasteiger partial charge is 0.339 e. The van der Waals surface area contributed by atoms with Crippen molar-refractivity contribution in [2.45, 2.75) is 26.8 Å². The van der Waals surface area contributed by atoms with E-state index in [0.717, 1.165) is 5.56 Å². The standard InChI is InChI=1S/C16H19N3O2S/c1-10(2)19(4)16(21)13-7-12(6-5-11(13)3)18-15(20)14-8-22-9-17-14/h5-10H,1-4H3,(H,18,20). The number of benzene rings is 1. The van der Waals surface area contributed by atoms with Gasteiger partial charge in [0.15, 0.2) is 0 Å². The van der Waals surface area contributed by atoms with Crippen molar-refractivity contribution in [3.8, 4) is 0 Å². The van der Waals surface area contributed by atoms with Gasteiger partial charge in [-0.25, -0.2) is 4.98 Å². The summed E-state index contributed by atoms with van der Waals surface area (Å²) in [7, 11) is 1.77. The van der Waals surface area contributed by atoms with Crippen LogP contribution in [0.4, 0.5) is 5.69 Å². The monoisotopic (exact) mass is 317 g/mol. The minimum atomic E-state index is -0.277. The van der Waals surface area contributed by atoms with Gasteiger partial charge < -0.3 is 10.2 Å². The minimum absolute atomic E-state index is 0.0581. The predicted molar refractivity (Wildman–Crippen MR) is 88.5 cm³/mol. The van der Waals surface area contributed by atoms with Crippen LogP contribution in [0, 0.1) is 6.92 Å². The Labute approximate surface area is 134 Å². The highest BCUT2D eigenvalue weighted by Crippen LogP contribution is 2.18. The number of aryl methyl sites for hydroxylation is 1. The lowest BCUT2D eigenvalue weighted by Crippen LogP contribution is -2.33. The van der Waals surface area contributed by atoms with Gasteiger partial charge in [0, 0.05) is 29.7 Å². The van der Waals surface area contributed by atoms with Crippen molar-refractivity contribution < 1.29 is 9.59 Å². The van der Waals surface area contributed by atoms with Gasteiger partial charge in [0.1, 0.15) is 5.69 Å². The van der Waals surface area contributed by atoms with Crippen LogP contribution in [0.1, 0.15) is 40.3 Å². The van der Waals surface area contributed by atoms with E-state index >= 15 is 0 Å². The topological polar surface area (TPSA) is 62.3 Å². The van der Waals surface area contributed by atoms with Crippen LogP contribution in [0.2, 0.25) is 0 Å². The van der Waals surface area contributed by atoms with Crippen molar-refractivity contribution in [2.75, 3.05) is 12.4 Å². The third-order valence-electron chi connectivity index (χ3n) is 3.49. The lowest BCUT2D eigenvalue weighted by atomic mass is 10.1. The van der Waals surface area contributed by atoms with Crippen molar-refractivity contribution in [3.63, 3.8) is 0 Å². The van der Waals surface area contributed by atoms with E-state index in [4.69, 9.17) is 0 Å². The highest BCUT2D eigenvalue weighted by Gasteiger charge is 2.17. The smallest absolute Gasteiger partial charge is 0.275 e. The lowest BCUT2D eigenvalue weighted by Gasteiger charge is -2.22. The van der Waals surface area contributed by atoms with Gasteiger partial charge in [-0.2, -0.15) is 0 Å². The molecule has 5 nitrogen and oxygen atoms in total. The van der Waals surface area contributed by atoms with Crippen LogP contribution in [0.5, 0.6) is 0 Å². The van der Waals surface area contributed by atoms with Gasteiger partial charge in [0.05, 0.1) is 5.51 Å². The molecule has 0 aliphatic carbocycles. The number of carbonyl (C=O) groups excluding carboxylic acids is 2. The number of hydrogen-bond donors (Lipinski definition) is 1. The van der Waals surface area contributed by atoms with Gasteiger partial charge in [-0.05, 0) is 38.5 Å². The van der Waals surface area contributed by atoms with E-state index in [2.05, 4.69) is 10.3 Å². The Balaban J connectivity index is 2.23. The first-order valence-corrected chi connectivity index (χ1v) is 7.91. The Morgan fingerprint density at radius 2 is 2.05 bits per heavy atom. The van der Waals surface area contributed by atoms with Crippen molar-refractivity contribution >= 4 is 28.8 Å². The van der Waals surface area contributed by atoms with E-state index in [1.165, 1.54) is 11.3 Å². The molecule has 0 aliphatic heterocycles. The summed E-state index contributed by atoms with van der Waals surface area (Å²) in [5.74, 6) is -0.335. The first kappa shape index (κ1) is 16.2. The highest BCUT2D eigenvalue weighted by molar-refractivity contribution is 7.07. The van der Waals surface area contributed by atoms with Crippen molar-refractivity contribution in [3.05, 3.63) is 45.9 Å². The Hall–Kier alpha value is -2.21. The second kappa shape index (κ2) is 6.70. The lowest BCUT2D eigenvalue weighted by molar-refractivity contribution is 0.0754. The minimum Gasteiger partial charge on any atom is -0.339 e. The summed E-state index contributed by atoms with van der Waals surface area (Å²) in [4.78, 5) is 30.1. The first-order valence-electron chi connectivity index (χ1n) is 6.97. The molecule has 0 saturated carbocycles. The first-order chi connectivity index (χ1) is 10.4. The normalized spacial score (nSPS) is 10.6. The summed E-state index contributed by atoms with van der Waals surface area (Å²) in [5, 5.41) is 4.45. The van der Waals surface area contributed by atoms with Crippen molar-refractivity contribution in [1.82, 2.24) is 9.88 Å². The number of rotatable bonds is 4. The maximum atomic E-state index is 12.5. The molecule has 6 heteroatoms. The second-order valence-electron chi connectivity index (χ2n) is 5.37. The maximum Gasteiger partial charge on any atom is 0.275 e. The molecule has 116 valence electrons. The average molecular weight is 317 g/mol. The molecule has 1 aromatic carbocycles. The molecule has 0 spiro atoms. The zero-order chi connectivity index (χ0) is 16.3. The highest BCUT2D eigenvalue weighted by atomic mass is 32.1. The van der Waals surface area contributed by atoms with E-state index in [9.17, 15) is 9.59 Å². The fourth-order valence-corrected chi connectivity index (χ4v) is 2.41. The average Bonchev–Trinajstić information content (AvgIpc) is 3.02. The SMILES string of the molecule is Cc1ccc(NC(=O)c2cscn2)cc1C(=O)N(C)C(C)C. The molecule has 0 saturated heterocycles. The van der Waals surface area contributed by atoms with Crippen molar-refractivity contribution in [1.29, 1.82) is 0 Å². The summed E-state index contributed by atoms with van der Waals surface area (Å²) >= 11 is 1.36. The van der Waals surface area contributed by atoms with Gasteiger partial charge in [0.2, 0.25) is 0 Å². The van der Waals surface area contributed by atoms with Crippen LogP contribution in [0.25, 0.3) is 0 Å². The number of aromatic nitrogens is 1. The predicted octanol–water partition coefficient (Wildman–Crippen LogP) is 3.18. The molecule has 1 aromatic heterocycles. The number of nitrogens with one attached hydrogen (secondary N) is 1. The van der Waals surface area contributed by atoms with Crippen LogP contribution in [0.15, 0.2) is 29.1 Å². The van der Waals surface area contributed by atoms with Crippen LogP contribution < -0.4 is 5.32 Å². The van der Waals surface area contributed by atoms with Crippen LogP contribution in [-0.4, -0.2) is 34.8 Å². The molecule has 22 heavy (non-hydrogen) atoms. The summed E-state index contributed by atoms with van der Waals surface area (Å²) in [5.41, 5.74) is 4.04. The molecular weight excluding hydrogens is 298 g/mol. The van der Waals surface area contributed by atoms with E-state index in [-0.39, 0.29) is 17.9 Å². The molecule has 1 heterocycles. The van der Waals surface area contributed by atoms with Gasteiger partial charge in [0.25, 0.3) is 11.8 Å². The third-order valence-corrected chi connectivity index (χ3v) is 4.07. The maximum absolute atomic E-state index is 12.5. The number of hydrogen-bond acceptors (Lipinski definition) is 4. The van der Waals surface area contributed by atoms with E-state index in [1.54, 1.807) is 35.0 Å². The van der Waals surface area contributed by atoms with E-state index in [1.807, 2.05) is 26.8 Å². The van der Waals surface area contributed by atoms with Gasteiger partial charge >= 0.3 is 0 Å². The quantitative estimate of drug-likeness (QED) is 0.942. The fourth-order valence-electron chi connectivity index (χ4n) is 1.87. The number of amides is 2. The number of nitrogens with zero attached hydrogens (tertiary/aromatic N) is 2. The summed E-state index contributed by atoms with van der Waals surface area (Å²) in [6.07, 6.45) is 0.